The van der Waals surface area contributed by atoms with Crippen molar-refractivity contribution in [1.29, 1.82) is 0 Å². The molecule has 7 rings (SSSR count). The number of benzene rings is 5. The minimum Gasteiger partial charge on any atom is -0.436 e. The molecule has 0 fully saturated rings. The van der Waals surface area contributed by atoms with E-state index in [0.717, 1.165) is 21.7 Å². The first-order chi connectivity index (χ1) is 19.1. The van der Waals surface area contributed by atoms with Gasteiger partial charge in [-0.05, 0) is 64.9 Å². The van der Waals surface area contributed by atoms with Gasteiger partial charge in [-0.25, -0.2) is 9.78 Å². The van der Waals surface area contributed by atoms with Crippen LogP contribution in [0.25, 0.3) is 55.4 Å². The lowest BCUT2D eigenvalue weighted by Crippen LogP contribution is -2.11. The van der Waals surface area contributed by atoms with E-state index in [-0.39, 0.29) is 5.91 Å². The van der Waals surface area contributed by atoms with Crippen molar-refractivity contribution in [3.05, 3.63) is 131 Å². The van der Waals surface area contributed by atoms with E-state index >= 15 is 0 Å². The predicted molar refractivity (Wildman–Crippen MR) is 153 cm³/mol. The van der Waals surface area contributed by atoms with E-state index in [9.17, 15) is 9.59 Å². The molecule has 0 aliphatic rings. The Kier molecular flexibility index (Phi) is 5.30. The van der Waals surface area contributed by atoms with Crippen molar-refractivity contribution in [1.82, 2.24) is 4.98 Å². The lowest BCUT2D eigenvalue weighted by Gasteiger charge is -2.07. The maximum Gasteiger partial charge on any atom is 0.344 e. The highest BCUT2D eigenvalue weighted by molar-refractivity contribution is 6.05. The van der Waals surface area contributed by atoms with Gasteiger partial charge in [0.05, 0.1) is 5.56 Å². The molecule has 1 amide bonds. The van der Waals surface area contributed by atoms with Gasteiger partial charge in [-0.1, -0.05) is 66.7 Å². The second kappa shape index (κ2) is 9.11. The summed E-state index contributed by atoms with van der Waals surface area (Å²) in [5, 5.41) is 5.93. The van der Waals surface area contributed by atoms with Gasteiger partial charge in [0.2, 0.25) is 5.89 Å². The number of amides is 1. The molecule has 0 aliphatic heterocycles. The highest BCUT2D eigenvalue weighted by atomic mass is 16.4. The molecular formula is C33H20N2O4. The van der Waals surface area contributed by atoms with E-state index in [4.69, 9.17) is 13.8 Å². The number of carbonyl (C=O) groups is 1. The van der Waals surface area contributed by atoms with Crippen molar-refractivity contribution in [2.45, 2.75) is 0 Å². The zero-order valence-electron chi connectivity index (χ0n) is 20.5. The Bertz CT molecular complexity index is 2080. The normalized spacial score (nSPS) is 11.3. The average molecular weight is 509 g/mol. The predicted octanol–water partition coefficient (Wildman–Crippen LogP) is 7.67. The molecule has 0 bridgehead atoms. The van der Waals surface area contributed by atoms with Crippen molar-refractivity contribution >= 4 is 44.4 Å². The molecule has 7 aromatic rings. The van der Waals surface area contributed by atoms with E-state index in [0.29, 0.717) is 45.0 Å². The van der Waals surface area contributed by atoms with Crippen LogP contribution in [-0.2, 0) is 0 Å². The Labute approximate surface area is 222 Å². The summed E-state index contributed by atoms with van der Waals surface area (Å²) in [5.41, 5.74) is 4.49. The smallest absolute Gasteiger partial charge is 0.344 e. The van der Waals surface area contributed by atoms with Crippen molar-refractivity contribution in [3.63, 3.8) is 0 Å². The van der Waals surface area contributed by atoms with E-state index < -0.39 is 5.63 Å². The number of rotatable bonds is 4. The van der Waals surface area contributed by atoms with Gasteiger partial charge in [0.25, 0.3) is 5.91 Å². The summed E-state index contributed by atoms with van der Waals surface area (Å²) in [7, 11) is 0. The molecule has 6 heteroatoms. The summed E-state index contributed by atoms with van der Waals surface area (Å²) in [6.07, 6.45) is 0. The fraction of sp³-hybridized carbons (Fsp3) is 0. The number of carbonyl (C=O) groups excluding carboxylic acids is 1. The number of anilines is 1. The number of nitrogens with one attached hydrogen (secondary N) is 1. The van der Waals surface area contributed by atoms with Gasteiger partial charge < -0.3 is 14.2 Å². The molecule has 2 aromatic heterocycles. The largest absolute Gasteiger partial charge is 0.436 e. The monoisotopic (exact) mass is 508 g/mol. The van der Waals surface area contributed by atoms with Crippen LogP contribution in [-0.4, -0.2) is 10.9 Å². The summed E-state index contributed by atoms with van der Waals surface area (Å²) < 4.78 is 11.5. The van der Waals surface area contributed by atoms with Crippen LogP contribution in [0.2, 0.25) is 0 Å². The first-order valence-electron chi connectivity index (χ1n) is 12.5. The Morgan fingerprint density at radius 3 is 2.31 bits per heavy atom. The quantitative estimate of drug-likeness (QED) is 0.247. The number of nitrogens with zero attached hydrogens (tertiary/aromatic N) is 1. The van der Waals surface area contributed by atoms with Crippen LogP contribution >= 0.6 is 0 Å². The molecule has 0 spiro atoms. The minimum absolute atomic E-state index is 0.274. The molecule has 5 aromatic carbocycles. The maximum absolute atomic E-state index is 13.0. The first kappa shape index (κ1) is 22.7. The molecular weight excluding hydrogens is 488 g/mol. The highest BCUT2D eigenvalue weighted by Gasteiger charge is 2.14. The van der Waals surface area contributed by atoms with E-state index in [1.54, 1.807) is 54.6 Å². The molecule has 0 radical (unpaired) electrons. The van der Waals surface area contributed by atoms with Gasteiger partial charge in [-0.2, -0.15) is 0 Å². The van der Waals surface area contributed by atoms with Crippen LogP contribution in [0.5, 0.6) is 0 Å². The number of fused-ring (bicyclic) bond motifs is 3. The SMILES string of the molecule is O=C(Nc1ccc2oc(-c3cccc4ccccc34)nc2c1)c1ccc(-c2cc3ccccc3oc2=O)cc1. The minimum atomic E-state index is -0.422. The number of oxazole rings is 1. The summed E-state index contributed by atoms with van der Waals surface area (Å²) >= 11 is 0. The van der Waals surface area contributed by atoms with E-state index in [2.05, 4.69) is 17.4 Å². The molecule has 0 unspecified atom stereocenters. The fourth-order valence-corrected chi connectivity index (χ4v) is 4.80. The molecule has 2 heterocycles. The molecule has 6 nitrogen and oxygen atoms in total. The topological polar surface area (TPSA) is 85.3 Å². The summed E-state index contributed by atoms with van der Waals surface area (Å²) in [4.78, 5) is 30.2. The van der Waals surface area contributed by atoms with Gasteiger partial charge >= 0.3 is 5.63 Å². The zero-order valence-corrected chi connectivity index (χ0v) is 20.5. The number of para-hydroxylation sites is 1. The molecule has 0 saturated carbocycles. The molecule has 0 saturated heterocycles. The lowest BCUT2D eigenvalue weighted by atomic mass is 10.0. The molecule has 0 atom stereocenters. The third-order valence-corrected chi connectivity index (χ3v) is 6.76. The second-order valence-corrected chi connectivity index (χ2v) is 9.25. The Balaban J connectivity index is 1.14. The Morgan fingerprint density at radius 2 is 1.44 bits per heavy atom. The van der Waals surface area contributed by atoms with Crippen molar-refractivity contribution < 1.29 is 13.6 Å². The second-order valence-electron chi connectivity index (χ2n) is 9.25. The number of aromatic nitrogens is 1. The fourth-order valence-electron chi connectivity index (χ4n) is 4.80. The van der Waals surface area contributed by atoms with Crippen LogP contribution in [0.4, 0.5) is 5.69 Å². The van der Waals surface area contributed by atoms with Crippen LogP contribution in [0.15, 0.2) is 129 Å². The molecule has 1 N–H and O–H groups in total. The third kappa shape index (κ3) is 4.14. The van der Waals surface area contributed by atoms with Gasteiger partial charge in [0.1, 0.15) is 11.1 Å². The third-order valence-electron chi connectivity index (χ3n) is 6.76. The molecule has 0 aliphatic carbocycles. The van der Waals surface area contributed by atoms with Gasteiger partial charge in [0.15, 0.2) is 5.58 Å². The maximum atomic E-state index is 13.0. The molecule has 186 valence electrons. The van der Waals surface area contributed by atoms with Crippen molar-refractivity contribution in [2.75, 3.05) is 5.32 Å². The van der Waals surface area contributed by atoms with Gasteiger partial charge in [-0.3, -0.25) is 4.79 Å². The highest BCUT2D eigenvalue weighted by Crippen LogP contribution is 2.31. The lowest BCUT2D eigenvalue weighted by molar-refractivity contribution is 0.102. The van der Waals surface area contributed by atoms with Crippen LogP contribution in [0, 0.1) is 0 Å². The standard InChI is InChI=1S/C33H20N2O4/c36-31(22-14-12-21(13-15-22)27-18-23-7-2-4-11-29(23)39-33(27)37)34-24-16-17-30-28(19-24)35-32(38-30)26-10-5-8-20-6-1-3-9-25(20)26/h1-19H,(H,34,36). The van der Waals surface area contributed by atoms with Crippen LogP contribution in [0.1, 0.15) is 10.4 Å². The average Bonchev–Trinajstić information content (AvgIpc) is 3.40. The van der Waals surface area contributed by atoms with Gasteiger partial charge in [0, 0.05) is 22.2 Å². The summed E-state index contributed by atoms with van der Waals surface area (Å²) in [6.45, 7) is 0. The van der Waals surface area contributed by atoms with Crippen molar-refractivity contribution in [2.24, 2.45) is 0 Å². The number of hydrogen-bond donors (Lipinski definition) is 1. The number of hydrogen-bond acceptors (Lipinski definition) is 5. The van der Waals surface area contributed by atoms with Crippen LogP contribution < -0.4 is 10.9 Å². The first-order valence-corrected chi connectivity index (χ1v) is 12.5. The molecule has 39 heavy (non-hydrogen) atoms. The zero-order chi connectivity index (χ0) is 26.3. The Hall–Kier alpha value is -5.49. The van der Waals surface area contributed by atoms with Gasteiger partial charge in [-0.15, -0.1) is 0 Å². The summed E-state index contributed by atoms with van der Waals surface area (Å²) in [5.74, 6) is 0.253. The summed E-state index contributed by atoms with van der Waals surface area (Å²) in [6, 6.07) is 35.5. The van der Waals surface area contributed by atoms with Crippen molar-refractivity contribution in [3.8, 4) is 22.6 Å². The van der Waals surface area contributed by atoms with E-state index in [1.807, 2.05) is 48.5 Å². The Morgan fingerprint density at radius 1 is 0.667 bits per heavy atom. The van der Waals surface area contributed by atoms with Crippen LogP contribution in [0.3, 0.4) is 0 Å². The van der Waals surface area contributed by atoms with E-state index in [1.165, 1.54) is 0 Å².